The molecule has 1 heteroatoms. The molecule has 0 aliphatic heterocycles. The molecule has 2 rings (SSSR count). The summed E-state index contributed by atoms with van der Waals surface area (Å²) in [5.74, 6) is 0.948. The van der Waals surface area contributed by atoms with Crippen molar-refractivity contribution >= 4 is 0 Å². The van der Waals surface area contributed by atoms with Gasteiger partial charge in [0.05, 0.1) is 6.10 Å². The van der Waals surface area contributed by atoms with Gasteiger partial charge in [-0.2, -0.15) is 0 Å². The predicted octanol–water partition coefficient (Wildman–Crippen LogP) is 5.06. The van der Waals surface area contributed by atoms with Crippen molar-refractivity contribution in [2.75, 3.05) is 0 Å². The highest BCUT2D eigenvalue weighted by molar-refractivity contribution is 5.26. The molecule has 0 aromatic heterocycles. The lowest BCUT2D eigenvalue weighted by atomic mass is 9.65. The maximum Gasteiger partial charge on any atom is 0.0823 e. The molecule has 0 saturated heterocycles. The van der Waals surface area contributed by atoms with Crippen molar-refractivity contribution in [3.63, 3.8) is 0 Å². The Bertz CT molecular complexity index is 402. The van der Waals surface area contributed by atoms with Crippen LogP contribution in [0.3, 0.4) is 0 Å². The molecule has 19 heavy (non-hydrogen) atoms. The molecule has 1 nitrogen and oxygen atoms in total. The first-order valence-electron chi connectivity index (χ1n) is 7.70. The quantitative estimate of drug-likeness (QED) is 0.805. The van der Waals surface area contributed by atoms with Crippen molar-refractivity contribution in [2.24, 2.45) is 11.3 Å². The van der Waals surface area contributed by atoms with Crippen LogP contribution in [0.5, 0.6) is 0 Å². The first kappa shape index (κ1) is 14.6. The minimum Gasteiger partial charge on any atom is -0.388 e. The summed E-state index contributed by atoms with van der Waals surface area (Å²) in [6.45, 7) is 9.02. The van der Waals surface area contributed by atoms with Gasteiger partial charge in [-0.25, -0.2) is 0 Å². The molecular formula is C18H28O. The standard InChI is InChI=1S/C18H28O/c1-13(2)14-8-10-15(11-9-14)17(19)16-7-5-6-12-18(16,3)4/h8-11,13,16-17,19H,5-7,12H2,1-4H3. The summed E-state index contributed by atoms with van der Waals surface area (Å²) in [6.07, 6.45) is 4.65. The van der Waals surface area contributed by atoms with Crippen molar-refractivity contribution in [3.8, 4) is 0 Å². The third-order valence-electron chi connectivity index (χ3n) is 4.92. The molecule has 106 valence electrons. The normalized spacial score (nSPS) is 24.4. The Morgan fingerprint density at radius 3 is 2.16 bits per heavy atom. The van der Waals surface area contributed by atoms with Crippen LogP contribution in [0.4, 0.5) is 0 Å². The average Bonchev–Trinajstić information content (AvgIpc) is 2.37. The van der Waals surface area contributed by atoms with Crippen molar-refractivity contribution in [3.05, 3.63) is 35.4 Å². The van der Waals surface area contributed by atoms with Gasteiger partial charge < -0.3 is 5.11 Å². The topological polar surface area (TPSA) is 20.2 Å². The van der Waals surface area contributed by atoms with Gasteiger partial charge in [-0.3, -0.25) is 0 Å². The molecule has 2 atom stereocenters. The average molecular weight is 260 g/mol. The molecule has 1 aliphatic rings. The zero-order valence-electron chi connectivity index (χ0n) is 12.8. The van der Waals surface area contributed by atoms with E-state index in [0.717, 1.165) is 12.0 Å². The molecule has 1 fully saturated rings. The van der Waals surface area contributed by atoms with E-state index in [1.165, 1.54) is 24.8 Å². The molecule has 1 aromatic carbocycles. The minimum atomic E-state index is -0.309. The fourth-order valence-electron chi connectivity index (χ4n) is 3.42. The Morgan fingerprint density at radius 2 is 1.63 bits per heavy atom. The van der Waals surface area contributed by atoms with Gasteiger partial charge in [-0.1, -0.05) is 64.8 Å². The Morgan fingerprint density at radius 1 is 1.05 bits per heavy atom. The van der Waals surface area contributed by atoms with Gasteiger partial charge in [0.1, 0.15) is 0 Å². The molecule has 2 unspecified atom stereocenters. The summed E-state index contributed by atoms with van der Waals surface area (Å²) in [7, 11) is 0. The summed E-state index contributed by atoms with van der Waals surface area (Å²) < 4.78 is 0. The number of benzene rings is 1. The van der Waals surface area contributed by atoms with Crippen molar-refractivity contribution in [2.45, 2.75) is 65.4 Å². The largest absolute Gasteiger partial charge is 0.388 e. The molecule has 0 bridgehead atoms. The van der Waals surface area contributed by atoms with Crippen LogP contribution < -0.4 is 0 Å². The van der Waals surface area contributed by atoms with Crippen LogP contribution in [0.25, 0.3) is 0 Å². The van der Waals surface area contributed by atoms with E-state index < -0.39 is 0 Å². The monoisotopic (exact) mass is 260 g/mol. The van der Waals surface area contributed by atoms with Crippen LogP contribution in [0.2, 0.25) is 0 Å². The SMILES string of the molecule is CC(C)c1ccc(C(O)C2CCCCC2(C)C)cc1. The number of aliphatic hydroxyl groups is 1. The predicted molar refractivity (Wildman–Crippen MR) is 81.2 cm³/mol. The lowest BCUT2D eigenvalue weighted by Gasteiger charge is -2.41. The lowest BCUT2D eigenvalue weighted by molar-refractivity contribution is 0.00385. The summed E-state index contributed by atoms with van der Waals surface area (Å²) >= 11 is 0. The minimum absolute atomic E-state index is 0.258. The number of hydrogen-bond acceptors (Lipinski definition) is 1. The maximum atomic E-state index is 10.7. The second-order valence-electron chi connectivity index (χ2n) is 7.11. The van der Waals surface area contributed by atoms with E-state index in [1.54, 1.807) is 0 Å². The van der Waals surface area contributed by atoms with Gasteiger partial charge in [0.25, 0.3) is 0 Å². The third kappa shape index (κ3) is 3.20. The van der Waals surface area contributed by atoms with Crippen LogP contribution in [0.15, 0.2) is 24.3 Å². The van der Waals surface area contributed by atoms with Crippen LogP contribution >= 0.6 is 0 Å². The van der Waals surface area contributed by atoms with Crippen molar-refractivity contribution in [1.82, 2.24) is 0 Å². The summed E-state index contributed by atoms with van der Waals surface area (Å²) in [6, 6.07) is 8.56. The second kappa shape index (κ2) is 5.66. The Balaban J connectivity index is 2.16. The molecule has 1 saturated carbocycles. The number of aliphatic hydroxyl groups excluding tert-OH is 1. The van der Waals surface area contributed by atoms with Gasteiger partial charge in [-0.05, 0) is 41.2 Å². The molecule has 1 N–H and O–H groups in total. The fourth-order valence-corrected chi connectivity index (χ4v) is 3.42. The van der Waals surface area contributed by atoms with Gasteiger partial charge in [0, 0.05) is 0 Å². The third-order valence-corrected chi connectivity index (χ3v) is 4.92. The Hall–Kier alpha value is -0.820. The Labute approximate surface area is 118 Å². The molecule has 0 heterocycles. The maximum absolute atomic E-state index is 10.7. The summed E-state index contributed by atoms with van der Waals surface area (Å²) in [5, 5.41) is 10.7. The molecule has 0 amide bonds. The highest BCUT2D eigenvalue weighted by atomic mass is 16.3. The van der Waals surface area contributed by atoms with Crippen molar-refractivity contribution in [1.29, 1.82) is 0 Å². The number of hydrogen-bond donors (Lipinski definition) is 1. The summed E-state index contributed by atoms with van der Waals surface area (Å²) in [4.78, 5) is 0. The van der Waals surface area contributed by atoms with Gasteiger partial charge >= 0.3 is 0 Å². The van der Waals surface area contributed by atoms with E-state index in [1.807, 2.05) is 0 Å². The van der Waals surface area contributed by atoms with Gasteiger partial charge in [-0.15, -0.1) is 0 Å². The highest BCUT2D eigenvalue weighted by Gasteiger charge is 2.37. The van der Waals surface area contributed by atoms with Gasteiger partial charge in [0.15, 0.2) is 0 Å². The van der Waals surface area contributed by atoms with E-state index in [-0.39, 0.29) is 11.5 Å². The second-order valence-corrected chi connectivity index (χ2v) is 7.11. The first-order valence-corrected chi connectivity index (χ1v) is 7.70. The van der Waals surface area contributed by atoms with E-state index in [4.69, 9.17) is 0 Å². The molecule has 1 aromatic rings. The smallest absolute Gasteiger partial charge is 0.0823 e. The molecule has 1 aliphatic carbocycles. The van der Waals surface area contributed by atoms with Crippen LogP contribution in [-0.2, 0) is 0 Å². The van der Waals surface area contributed by atoms with Crippen molar-refractivity contribution < 1.29 is 5.11 Å². The molecule has 0 spiro atoms. The first-order chi connectivity index (χ1) is 8.92. The molecular weight excluding hydrogens is 232 g/mol. The highest BCUT2D eigenvalue weighted by Crippen LogP contribution is 2.46. The van der Waals surface area contributed by atoms with E-state index in [2.05, 4.69) is 52.0 Å². The molecule has 0 radical (unpaired) electrons. The van der Waals surface area contributed by atoms with E-state index in [9.17, 15) is 5.11 Å². The van der Waals surface area contributed by atoms with Crippen LogP contribution in [0.1, 0.15) is 76.5 Å². The number of rotatable bonds is 3. The zero-order chi connectivity index (χ0) is 14.0. The summed E-state index contributed by atoms with van der Waals surface area (Å²) in [5.41, 5.74) is 2.69. The van der Waals surface area contributed by atoms with Crippen LogP contribution in [-0.4, -0.2) is 5.11 Å². The van der Waals surface area contributed by atoms with E-state index in [0.29, 0.717) is 11.8 Å². The zero-order valence-corrected chi connectivity index (χ0v) is 12.8. The lowest BCUT2D eigenvalue weighted by Crippen LogP contribution is -2.32. The van der Waals surface area contributed by atoms with Crippen LogP contribution in [0, 0.1) is 11.3 Å². The Kier molecular flexibility index (Phi) is 4.35. The van der Waals surface area contributed by atoms with Gasteiger partial charge in [0.2, 0.25) is 0 Å². The van der Waals surface area contributed by atoms with E-state index >= 15 is 0 Å². The fraction of sp³-hybridized carbons (Fsp3) is 0.667.